The number of hydrogen-bond donors (Lipinski definition) is 2. The van der Waals surface area contributed by atoms with Crippen molar-refractivity contribution in [3.05, 3.63) is 30.0 Å². The van der Waals surface area contributed by atoms with Crippen LogP contribution < -0.4 is 20.5 Å². The third-order valence-corrected chi connectivity index (χ3v) is 2.01. The van der Waals surface area contributed by atoms with Crippen molar-refractivity contribution in [3.8, 4) is 11.5 Å². The van der Waals surface area contributed by atoms with Crippen LogP contribution in [-0.2, 0) is 4.79 Å². The fraction of sp³-hybridized carbons (Fsp3) is 0.250. The molecule has 0 saturated carbocycles. The lowest BCUT2D eigenvalue weighted by atomic mass is 10.2. The van der Waals surface area contributed by atoms with Gasteiger partial charge in [-0.05, 0) is 19.1 Å². The number of hydrogen-bond acceptors (Lipinski definition) is 4. The lowest BCUT2D eigenvalue weighted by Crippen LogP contribution is -2.10. The van der Waals surface area contributed by atoms with E-state index in [0.717, 1.165) is 0 Å². The van der Waals surface area contributed by atoms with Gasteiger partial charge >= 0.3 is 0 Å². The topological polar surface area (TPSA) is 73.6 Å². The first kappa shape index (κ1) is 12.9. The lowest BCUT2D eigenvalue weighted by Gasteiger charge is -2.09. The summed E-state index contributed by atoms with van der Waals surface area (Å²) in [5.41, 5.74) is 6.47. The minimum absolute atomic E-state index is 0.280. The number of allylic oxidation sites excluding steroid dienone is 1. The average Bonchev–Trinajstić information content (AvgIpc) is 2.27. The van der Waals surface area contributed by atoms with Crippen molar-refractivity contribution in [2.75, 3.05) is 19.5 Å². The lowest BCUT2D eigenvalue weighted by molar-refractivity contribution is -0.111. The van der Waals surface area contributed by atoms with Gasteiger partial charge in [0, 0.05) is 23.5 Å². The third-order valence-electron chi connectivity index (χ3n) is 2.01. The number of rotatable bonds is 4. The molecule has 1 aromatic rings. The van der Waals surface area contributed by atoms with Crippen LogP contribution in [0, 0.1) is 0 Å². The summed E-state index contributed by atoms with van der Waals surface area (Å²) in [5.74, 6) is 0.881. The Morgan fingerprint density at radius 1 is 1.29 bits per heavy atom. The van der Waals surface area contributed by atoms with Gasteiger partial charge in [-0.25, -0.2) is 0 Å². The maximum atomic E-state index is 11.4. The van der Waals surface area contributed by atoms with E-state index in [2.05, 4.69) is 5.32 Å². The highest BCUT2D eigenvalue weighted by Crippen LogP contribution is 2.29. The van der Waals surface area contributed by atoms with E-state index in [4.69, 9.17) is 15.2 Å². The summed E-state index contributed by atoms with van der Waals surface area (Å²) in [5, 5.41) is 2.67. The number of anilines is 1. The quantitative estimate of drug-likeness (QED) is 0.777. The van der Waals surface area contributed by atoms with E-state index in [-0.39, 0.29) is 5.91 Å². The summed E-state index contributed by atoms with van der Waals surface area (Å²) in [6.45, 7) is 1.65. The van der Waals surface area contributed by atoms with Gasteiger partial charge < -0.3 is 20.5 Å². The Labute approximate surface area is 100 Å². The number of carbonyl (C=O) groups is 1. The van der Waals surface area contributed by atoms with Crippen molar-refractivity contribution in [2.45, 2.75) is 6.92 Å². The van der Waals surface area contributed by atoms with Gasteiger partial charge in [-0.3, -0.25) is 4.79 Å². The number of benzene rings is 1. The zero-order valence-electron chi connectivity index (χ0n) is 10.1. The maximum absolute atomic E-state index is 11.4. The minimum Gasteiger partial charge on any atom is -0.493 e. The van der Waals surface area contributed by atoms with Crippen molar-refractivity contribution in [3.63, 3.8) is 0 Å². The van der Waals surface area contributed by atoms with E-state index in [0.29, 0.717) is 22.9 Å². The number of nitrogens with two attached hydrogens (primary N) is 1. The zero-order chi connectivity index (χ0) is 12.8. The van der Waals surface area contributed by atoms with Gasteiger partial charge in [-0.2, -0.15) is 0 Å². The molecule has 1 amide bonds. The van der Waals surface area contributed by atoms with Gasteiger partial charge in [0.15, 0.2) is 11.5 Å². The molecule has 17 heavy (non-hydrogen) atoms. The van der Waals surface area contributed by atoms with Crippen LogP contribution in [0.4, 0.5) is 5.69 Å². The molecule has 3 N–H and O–H groups in total. The molecule has 0 unspecified atom stereocenters. The molecule has 0 spiro atoms. The number of methoxy groups -OCH3 is 2. The first-order valence-electron chi connectivity index (χ1n) is 5.03. The van der Waals surface area contributed by atoms with Crippen LogP contribution in [0.25, 0.3) is 0 Å². The molecule has 0 aliphatic heterocycles. The Bertz CT molecular complexity index is 437. The Hall–Kier alpha value is -2.17. The molecule has 1 aromatic carbocycles. The van der Waals surface area contributed by atoms with Crippen molar-refractivity contribution < 1.29 is 14.3 Å². The molecule has 0 aromatic heterocycles. The third kappa shape index (κ3) is 3.71. The largest absolute Gasteiger partial charge is 0.493 e. The van der Waals surface area contributed by atoms with E-state index >= 15 is 0 Å². The van der Waals surface area contributed by atoms with E-state index in [1.807, 2.05) is 0 Å². The number of carbonyl (C=O) groups excluding carboxylic acids is 1. The standard InChI is InChI=1S/C12H16N2O3/c1-8(13)6-12(15)14-9-4-5-10(16-2)11(7-9)17-3/h4-7H,13H2,1-3H3,(H,14,15)/b8-6-. The summed E-state index contributed by atoms with van der Waals surface area (Å²) in [7, 11) is 3.09. The van der Waals surface area contributed by atoms with Crippen LogP contribution in [0.15, 0.2) is 30.0 Å². The molecule has 0 radical (unpaired) electrons. The van der Waals surface area contributed by atoms with Crippen molar-refractivity contribution in [2.24, 2.45) is 5.73 Å². The zero-order valence-corrected chi connectivity index (χ0v) is 10.1. The van der Waals surface area contributed by atoms with Gasteiger partial charge in [0.2, 0.25) is 5.91 Å². The van der Waals surface area contributed by atoms with Gasteiger partial charge in [0.05, 0.1) is 14.2 Å². The van der Waals surface area contributed by atoms with Gasteiger partial charge in [0.25, 0.3) is 0 Å². The molecule has 0 aliphatic rings. The molecule has 5 heteroatoms. The second-order valence-corrected chi connectivity index (χ2v) is 3.45. The van der Waals surface area contributed by atoms with Gasteiger partial charge in [0.1, 0.15) is 0 Å². The van der Waals surface area contributed by atoms with Crippen LogP contribution in [-0.4, -0.2) is 20.1 Å². The van der Waals surface area contributed by atoms with E-state index in [1.165, 1.54) is 13.2 Å². The van der Waals surface area contributed by atoms with Gasteiger partial charge in [-0.1, -0.05) is 0 Å². The summed E-state index contributed by atoms with van der Waals surface area (Å²) < 4.78 is 10.2. The highest BCUT2D eigenvalue weighted by atomic mass is 16.5. The second-order valence-electron chi connectivity index (χ2n) is 3.45. The monoisotopic (exact) mass is 236 g/mol. The number of amides is 1. The Morgan fingerprint density at radius 3 is 2.47 bits per heavy atom. The smallest absolute Gasteiger partial charge is 0.250 e. The first-order chi connectivity index (χ1) is 8.06. The average molecular weight is 236 g/mol. The first-order valence-corrected chi connectivity index (χ1v) is 5.03. The molecule has 0 heterocycles. The van der Waals surface area contributed by atoms with E-state index in [9.17, 15) is 4.79 Å². The second kappa shape index (κ2) is 5.79. The van der Waals surface area contributed by atoms with Crippen LogP contribution in [0.1, 0.15) is 6.92 Å². The molecular weight excluding hydrogens is 220 g/mol. The molecule has 1 rings (SSSR count). The highest BCUT2D eigenvalue weighted by Gasteiger charge is 2.05. The molecule has 0 fully saturated rings. The predicted molar refractivity (Wildman–Crippen MR) is 66.1 cm³/mol. The summed E-state index contributed by atoms with van der Waals surface area (Å²) >= 11 is 0. The molecule has 92 valence electrons. The number of ether oxygens (including phenoxy) is 2. The molecule has 0 bridgehead atoms. The van der Waals surface area contributed by atoms with Crippen molar-refractivity contribution in [1.29, 1.82) is 0 Å². The van der Waals surface area contributed by atoms with Crippen LogP contribution >= 0.6 is 0 Å². The highest BCUT2D eigenvalue weighted by molar-refractivity contribution is 5.99. The van der Waals surface area contributed by atoms with Crippen molar-refractivity contribution >= 4 is 11.6 Å². The molecule has 5 nitrogen and oxygen atoms in total. The molecular formula is C12H16N2O3. The van der Waals surface area contributed by atoms with Crippen LogP contribution in [0.3, 0.4) is 0 Å². The minimum atomic E-state index is -0.280. The van der Waals surface area contributed by atoms with E-state index < -0.39 is 0 Å². The maximum Gasteiger partial charge on any atom is 0.250 e. The summed E-state index contributed by atoms with van der Waals surface area (Å²) in [6.07, 6.45) is 1.32. The Morgan fingerprint density at radius 2 is 1.94 bits per heavy atom. The van der Waals surface area contributed by atoms with Crippen LogP contribution in [0.2, 0.25) is 0 Å². The number of nitrogens with one attached hydrogen (secondary N) is 1. The Balaban J connectivity index is 2.86. The predicted octanol–water partition coefficient (Wildman–Crippen LogP) is 1.50. The molecule has 0 aliphatic carbocycles. The molecule has 0 saturated heterocycles. The summed E-state index contributed by atoms with van der Waals surface area (Å²) in [4.78, 5) is 11.4. The Kier molecular flexibility index (Phi) is 4.39. The van der Waals surface area contributed by atoms with E-state index in [1.54, 1.807) is 32.2 Å². The normalized spacial score (nSPS) is 10.9. The van der Waals surface area contributed by atoms with Gasteiger partial charge in [-0.15, -0.1) is 0 Å². The summed E-state index contributed by atoms with van der Waals surface area (Å²) in [6, 6.07) is 5.11. The molecule has 0 atom stereocenters. The fourth-order valence-electron chi connectivity index (χ4n) is 1.30. The van der Waals surface area contributed by atoms with Crippen LogP contribution in [0.5, 0.6) is 11.5 Å². The van der Waals surface area contributed by atoms with Crippen molar-refractivity contribution in [1.82, 2.24) is 0 Å². The fourth-order valence-corrected chi connectivity index (χ4v) is 1.30. The SMILES string of the molecule is COc1ccc(NC(=O)/C=C(/C)N)cc1OC.